The molecule has 3 amide bonds. The summed E-state index contributed by atoms with van der Waals surface area (Å²) < 4.78 is 39.9. The standard InChI is InChI=1S/C34H44N4O7S/c1-21-9-4-5-10-23-18-34(23,33(41)37-46(42,43)25-11-8-12-25)36-31(40)28-17-24(20-38(28)30(39)16-22(2)15-21)45-32-27-14-7-6-13-26(27)29(44-3)19-35-32/h5-7,10,13-14,19,21-25,28H,4,8-9,11-12,15-18,20H2,1-3H3,(H,36,40)(H,37,41)/b10-5-/t21?,22-,23-,24-,28+,34-/m1/s1. The van der Waals surface area contributed by atoms with Gasteiger partial charge in [-0.2, -0.15) is 0 Å². The highest BCUT2D eigenvalue weighted by Crippen LogP contribution is 2.46. The van der Waals surface area contributed by atoms with E-state index >= 15 is 0 Å². The molecule has 6 atom stereocenters. The van der Waals surface area contributed by atoms with Gasteiger partial charge in [0.1, 0.15) is 23.4 Å². The highest BCUT2D eigenvalue weighted by Gasteiger charge is 2.62. The lowest BCUT2D eigenvalue weighted by molar-refractivity contribution is -0.140. The van der Waals surface area contributed by atoms with E-state index in [1.807, 2.05) is 36.4 Å². The average molecular weight is 653 g/mol. The molecule has 1 saturated heterocycles. The Morgan fingerprint density at radius 1 is 1.09 bits per heavy atom. The minimum Gasteiger partial charge on any atom is -0.494 e. The van der Waals surface area contributed by atoms with Crippen molar-refractivity contribution in [2.75, 3.05) is 13.7 Å². The number of fused-ring (bicyclic) bond motifs is 3. The van der Waals surface area contributed by atoms with Gasteiger partial charge in [-0.05, 0) is 56.4 Å². The van der Waals surface area contributed by atoms with Gasteiger partial charge in [-0.25, -0.2) is 13.4 Å². The van der Waals surface area contributed by atoms with E-state index in [4.69, 9.17) is 9.47 Å². The maximum Gasteiger partial charge on any atom is 0.259 e. The predicted octanol–water partition coefficient (Wildman–Crippen LogP) is 3.87. The van der Waals surface area contributed by atoms with E-state index in [9.17, 15) is 22.8 Å². The molecule has 6 rings (SSSR count). The first-order valence-corrected chi connectivity index (χ1v) is 18.0. The summed E-state index contributed by atoms with van der Waals surface area (Å²) in [7, 11) is -2.27. The zero-order chi connectivity index (χ0) is 32.6. The van der Waals surface area contributed by atoms with Crippen molar-refractivity contribution in [2.24, 2.45) is 17.8 Å². The quantitative estimate of drug-likeness (QED) is 0.448. The molecule has 4 aliphatic rings. The molecule has 12 heteroatoms. The van der Waals surface area contributed by atoms with Gasteiger partial charge in [-0.15, -0.1) is 0 Å². The Morgan fingerprint density at radius 3 is 2.57 bits per heavy atom. The number of nitrogens with zero attached hydrogens (tertiary/aromatic N) is 2. The molecule has 2 N–H and O–H groups in total. The van der Waals surface area contributed by atoms with Crippen LogP contribution in [0.5, 0.6) is 11.6 Å². The maximum absolute atomic E-state index is 14.1. The lowest BCUT2D eigenvalue weighted by Gasteiger charge is -2.29. The Hall–Kier alpha value is -3.67. The molecule has 1 unspecified atom stereocenters. The van der Waals surface area contributed by atoms with Crippen LogP contribution in [0.2, 0.25) is 0 Å². The number of hydrogen-bond acceptors (Lipinski definition) is 8. The van der Waals surface area contributed by atoms with Crippen LogP contribution in [0.4, 0.5) is 0 Å². The molecule has 2 saturated carbocycles. The number of carbonyl (C=O) groups excluding carboxylic acids is 3. The second-order valence-electron chi connectivity index (χ2n) is 13.7. The van der Waals surface area contributed by atoms with Crippen molar-refractivity contribution in [1.82, 2.24) is 19.9 Å². The maximum atomic E-state index is 14.1. The second-order valence-corrected chi connectivity index (χ2v) is 15.6. The SMILES string of the molecule is COc1cnc(O[C@@H]2C[C@H]3C(=O)N[C@]4(C(=O)NS(=O)(=O)C5CCC5)C[C@H]4/C=C\CCC(C)C[C@@H](C)CC(=O)N3C2)c2ccccc12. The third-order valence-corrected chi connectivity index (χ3v) is 11.9. The Kier molecular flexibility index (Phi) is 9.02. The summed E-state index contributed by atoms with van der Waals surface area (Å²) >= 11 is 0. The molecular formula is C34H44N4O7S. The number of hydrogen-bond donors (Lipinski definition) is 2. The van der Waals surface area contributed by atoms with Crippen molar-refractivity contribution in [3.63, 3.8) is 0 Å². The van der Waals surface area contributed by atoms with E-state index in [0.717, 1.165) is 36.5 Å². The van der Waals surface area contributed by atoms with E-state index in [2.05, 4.69) is 28.9 Å². The first-order valence-electron chi connectivity index (χ1n) is 16.4. The monoisotopic (exact) mass is 652 g/mol. The van der Waals surface area contributed by atoms with Crippen LogP contribution in [0.15, 0.2) is 42.6 Å². The normalized spacial score (nSPS) is 31.4. The molecule has 11 nitrogen and oxygen atoms in total. The van der Waals surface area contributed by atoms with Crippen molar-refractivity contribution in [2.45, 2.75) is 94.6 Å². The highest BCUT2D eigenvalue weighted by molar-refractivity contribution is 7.90. The summed E-state index contributed by atoms with van der Waals surface area (Å²) in [6, 6.07) is 6.68. The average Bonchev–Trinajstić information content (AvgIpc) is 3.50. The highest BCUT2D eigenvalue weighted by atomic mass is 32.2. The number of allylic oxidation sites excluding steroid dienone is 1. The molecule has 0 spiro atoms. The number of sulfonamides is 1. The minimum atomic E-state index is -3.85. The Bertz CT molecular complexity index is 1640. The summed E-state index contributed by atoms with van der Waals surface area (Å²) in [4.78, 5) is 47.5. The first kappa shape index (κ1) is 32.3. The molecule has 0 bridgehead atoms. The van der Waals surface area contributed by atoms with Gasteiger partial charge in [-0.1, -0.05) is 50.6 Å². The molecule has 2 aliphatic carbocycles. The van der Waals surface area contributed by atoms with Crippen molar-refractivity contribution < 1.29 is 32.3 Å². The second kappa shape index (κ2) is 12.8. The zero-order valence-corrected chi connectivity index (χ0v) is 27.6. The van der Waals surface area contributed by atoms with Gasteiger partial charge in [0, 0.05) is 29.5 Å². The fourth-order valence-electron chi connectivity index (χ4n) is 7.18. The molecule has 2 aliphatic heterocycles. The van der Waals surface area contributed by atoms with E-state index in [0.29, 0.717) is 30.4 Å². The first-order chi connectivity index (χ1) is 22.0. The summed E-state index contributed by atoms with van der Waals surface area (Å²) in [5.74, 6) is -0.211. The number of benzene rings is 1. The van der Waals surface area contributed by atoms with Gasteiger partial charge >= 0.3 is 0 Å². The van der Waals surface area contributed by atoms with Crippen molar-refractivity contribution >= 4 is 38.5 Å². The molecule has 1 aromatic heterocycles. The predicted molar refractivity (Wildman–Crippen MR) is 172 cm³/mol. The van der Waals surface area contributed by atoms with Crippen LogP contribution in [-0.2, 0) is 24.4 Å². The largest absolute Gasteiger partial charge is 0.494 e. The van der Waals surface area contributed by atoms with Gasteiger partial charge in [0.05, 0.1) is 25.1 Å². The van der Waals surface area contributed by atoms with Gasteiger partial charge in [0.15, 0.2) is 0 Å². The molecule has 3 fully saturated rings. The van der Waals surface area contributed by atoms with Crippen LogP contribution in [0.3, 0.4) is 0 Å². The Labute approximate surface area is 270 Å². The van der Waals surface area contributed by atoms with E-state index < -0.39 is 44.8 Å². The van der Waals surface area contributed by atoms with Crippen molar-refractivity contribution in [1.29, 1.82) is 0 Å². The summed E-state index contributed by atoms with van der Waals surface area (Å²) in [6.07, 6.45) is 10.2. The van der Waals surface area contributed by atoms with Crippen molar-refractivity contribution in [3.8, 4) is 11.6 Å². The van der Waals surface area contributed by atoms with Crippen molar-refractivity contribution in [3.05, 3.63) is 42.6 Å². The number of ether oxygens (including phenoxy) is 2. The zero-order valence-electron chi connectivity index (χ0n) is 26.7. The minimum absolute atomic E-state index is 0.120. The third-order valence-electron chi connectivity index (χ3n) is 10.1. The topological polar surface area (TPSA) is 144 Å². The number of carbonyl (C=O) groups is 3. The summed E-state index contributed by atoms with van der Waals surface area (Å²) in [6.45, 7) is 4.42. The van der Waals surface area contributed by atoms with Gasteiger partial charge < -0.3 is 19.7 Å². The van der Waals surface area contributed by atoms with Crippen LogP contribution in [-0.4, -0.2) is 72.6 Å². The molecule has 3 heterocycles. The smallest absolute Gasteiger partial charge is 0.259 e. The van der Waals surface area contributed by atoms with Crippen LogP contribution >= 0.6 is 0 Å². The summed E-state index contributed by atoms with van der Waals surface area (Å²) in [5, 5.41) is 3.92. The van der Waals surface area contributed by atoms with E-state index in [-0.39, 0.29) is 43.6 Å². The van der Waals surface area contributed by atoms with Gasteiger partial charge in [-0.3, -0.25) is 19.1 Å². The number of amides is 3. The molecule has 46 heavy (non-hydrogen) atoms. The van der Waals surface area contributed by atoms with Crippen LogP contribution in [0, 0.1) is 17.8 Å². The molecule has 2 aromatic rings. The molecule has 248 valence electrons. The third kappa shape index (κ3) is 6.45. The molecule has 1 aromatic carbocycles. The number of rotatable bonds is 6. The number of pyridine rings is 1. The van der Waals surface area contributed by atoms with Gasteiger partial charge in [0.25, 0.3) is 5.91 Å². The fourth-order valence-corrected chi connectivity index (χ4v) is 8.74. The van der Waals surface area contributed by atoms with E-state index in [1.54, 1.807) is 18.2 Å². The Morgan fingerprint density at radius 2 is 1.85 bits per heavy atom. The number of nitrogens with one attached hydrogen (secondary N) is 2. The van der Waals surface area contributed by atoms with Crippen LogP contribution in [0.25, 0.3) is 10.8 Å². The summed E-state index contributed by atoms with van der Waals surface area (Å²) in [5.41, 5.74) is -1.40. The lowest BCUT2D eigenvalue weighted by atomic mass is 9.91. The van der Waals surface area contributed by atoms with Crippen LogP contribution in [0.1, 0.15) is 71.6 Å². The van der Waals surface area contributed by atoms with Crippen LogP contribution < -0.4 is 19.5 Å². The van der Waals surface area contributed by atoms with E-state index in [1.165, 1.54) is 0 Å². The van der Waals surface area contributed by atoms with Gasteiger partial charge in [0.2, 0.25) is 27.7 Å². The molecule has 0 radical (unpaired) electrons. The number of methoxy groups -OCH3 is 1. The lowest BCUT2D eigenvalue weighted by Crippen LogP contribution is -2.57. The molecular weight excluding hydrogens is 608 g/mol. The fraction of sp³-hybridized carbons (Fsp3) is 0.588. The Balaban J connectivity index is 1.28. The number of aromatic nitrogens is 1.